The van der Waals surface area contributed by atoms with Crippen molar-refractivity contribution in [2.75, 3.05) is 0 Å². The first kappa shape index (κ1) is 15.6. The molecule has 0 bridgehead atoms. The van der Waals surface area contributed by atoms with Crippen molar-refractivity contribution < 1.29 is 12.8 Å². The van der Waals surface area contributed by atoms with E-state index in [-0.39, 0.29) is 18.0 Å². The molecule has 112 valence electrons. The van der Waals surface area contributed by atoms with E-state index in [0.717, 1.165) is 5.56 Å². The predicted molar refractivity (Wildman–Crippen MR) is 79.5 cm³/mol. The van der Waals surface area contributed by atoms with Gasteiger partial charge in [0.2, 0.25) is 10.0 Å². The maximum atomic E-state index is 13.1. The van der Waals surface area contributed by atoms with Crippen molar-refractivity contribution in [3.8, 4) is 0 Å². The van der Waals surface area contributed by atoms with Crippen LogP contribution in [-0.4, -0.2) is 8.42 Å². The van der Waals surface area contributed by atoms with E-state index in [1.165, 1.54) is 18.2 Å². The third-order valence-corrected chi connectivity index (χ3v) is 4.81. The molecule has 2 aromatic rings. The Morgan fingerprint density at radius 1 is 1.19 bits per heavy atom. The molecule has 0 spiro atoms. The number of nitrogens with one attached hydrogen (secondary N) is 1. The third-order valence-electron chi connectivity index (χ3n) is 3.26. The highest BCUT2D eigenvalue weighted by Crippen LogP contribution is 2.18. The number of benzene rings is 2. The molecule has 0 saturated carbocycles. The van der Waals surface area contributed by atoms with Gasteiger partial charge in [-0.25, -0.2) is 17.5 Å². The normalized spacial score (nSPS) is 11.6. The summed E-state index contributed by atoms with van der Waals surface area (Å²) in [5, 5.41) is 0. The Bertz CT molecular complexity index is 745. The fourth-order valence-electron chi connectivity index (χ4n) is 2.08. The van der Waals surface area contributed by atoms with Crippen molar-refractivity contribution in [3.05, 3.63) is 65.0 Å². The lowest BCUT2D eigenvalue weighted by Gasteiger charge is -2.12. The van der Waals surface area contributed by atoms with E-state index >= 15 is 0 Å². The Morgan fingerprint density at radius 3 is 2.57 bits per heavy atom. The summed E-state index contributed by atoms with van der Waals surface area (Å²) < 4.78 is 40.2. The van der Waals surface area contributed by atoms with Crippen LogP contribution in [-0.2, 0) is 23.1 Å². The van der Waals surface area contributed by atoms with Gasteiger partial charge in [-0.2, -0.15) is 0 Å². The number of halogens is 1. The molecule has 21 heavy (non-hydrogen) atoms. The van der Waals surface area contributed by atoms with Crippen molar-refractivity contribution in [2.45, 2.75) is 24.9 Å². The zero-order chi connectivity index (χ0) is 15.5. The lowest BCUT2D eigenvalue weighted by atomic mass is 10.1. The van der Waals surface area contributed by atoms with Crippen molar-refractivity contribution >= 4 is 10.0 Å². The van der Waals surface area contributed by atoms with Crippen LogP contribution in [0.3, 0.4) is 0 Å². The molecule has 3 N–H and O–H groups in total. The maximum absolute atomic E-state index is 13.1. The van der Waals surface area contributed by atoms with E-state index in [1.54, 1.807) is 31.2 Å². The maximum Gasteiger partial charge on any atom is 0.241 e. The predicted octanol–water partition coefficient (Wildman–Crippen LogP) is 2.07. The molecule has 0 radical (unpaired) electrons. The SMILES string of the molecule is Cc1c(CN)cccc1S(=O)(=O)NCc1cccc(F)c1. The molecular formula is C15H17FN2O2S. The summed E-state index contributed by atoms with van der Waals surface area (Å²) in [5.41, 5.74) is 7.56. The molecule has 0 aliphatic carbocycles. The van der Waals surface area contributed by atoms with Crippen LogP contribution < -0.4 is 10.5 Å². The zero-order valence-corrected chi connectivity index (χ0v) is 12.5. The summed E-state index contributed by atoms with van der Waals surface area (Å²) in [6.45, 7) is 2.03. The van der Waals surface area contributed by atoms with Crippen LogP contribution in [0.2, 0.25) is 0 Å². The molecule has 2 aromatic carbocycles. The topological polar surface area (TPSA) is 72.2 Å². The fourth-order valence-corrected chi connectivity index (χ4v) is 3.38. The van der Waals surface area contributed by atoms with Gasteiger partial charge in [0.25, 0.3) is 0 Å². The molecule has 6 heteroatoms. The molecule has 0 heterocycles. The Labute approximate surface area is 123 Å². The van der Waals surface area contributed by atoms with E-state index in [9.17, 15) is 12.8 Å². The quantitative estimate of drug-likeness (QED) is 0.888. The number of sulfonamides is 1. The van der Waals surface area contributed by atoms with Gasteiger partial charge in [0, 0.05) is 13.1 Å². The highest BCUT2D eigenvalue weighted by atomic mass is 32.2. The van der Waals surface area contributed by atoms with E-state index in [4.69, 9.17) is 5.73 Å². The van der Waals surface area contributed by atoms with Crippen LogP contribution in [0.25, 0.3) is 0 Å². The Kier molecular flexibility index (Phi) is 4.72. The number of hydrogen-bond acceptors (Lipinski definition) is 3. The van der Waals surface area contributed by atoms with Gasteiger partial charge in [0.05, 0.1) is 4.90 Å². The first-order chi connectivity index (χ1) is 9.94. The second-order valence-electron chi connectivity index (χ2n) is 4.70. The van der Waals surface area contributed by atoms with E-state index in [1.807, 2.05) is 0 Å². The highest BCUT2D eigenvalue weighted by Gasteiger charge is 2.17. The van der Waals surface area contributed by atoms with Crippen molar-refractivity contribution in [2.24, 2.45) is 5.73 Å². The van der Waals surface area contributed by atoms with Gasteiger partial charge < -0.3 is 5.73 Å². The van der Waals surface area contributed by atoms with Crippen LogP contribution in [0.4, 0.5) is 4.39 Å². The summed E-state index contributed by atoms with van der Waals surface area (Å²) in [7, 11) is -3.66. The first-order valence-electron chi connectivity index (χ1n) is 6.46. The molecule has 0 aliphatic heterocycles. The molecule has 4 nitrogen and oxygen atoms in total. The Morgan fingerprint density at radius 2 is 1.90 bits per heavy atom. The minimum atomic E-state index is -3.66. The number of nitrogens with two attached hydrogens (primary N) is 1. The van der Waals surface area contributed by atoms with Crippen molar-refractivity contribution in [1.82, 2.24) is 4.72 Å². The number of hydrogen-bond donors (Lipinski definition) is 2. The van der Waals surface area contributed by atoms with Gasteiger partial charge in [-0.3, -0.25) is 0 Å². The monoisotopic (exact) mass is 308 g/mol. The van der Waals surface area contributed by atoms with Crippen molar-refractivity contribution in [3.63, 3.8) is 0 Å². The summed E-state index contributed by atoms with van der Waals surface area (Å²) >= 11 is 0. The zero-order valence-electron chi connectivity index (χ0n) is 11.6. The molecular weight excluding hydrogens is 291 g/mol. The minimum Gasteiger partial charge on any atom is -0.326 e. The Balaban J connectivity index is 2.23. The molecule has 0 unspecified atom stereocenters. The average molecular weight is 308 g/mol. The number of rotatable bonds is 5. The van der Waals surface area contributed by atoms with Gasteiger partial charge in [-0.15, -0.1) is 0 Å². The smallest absolute Gasteiger partial charge is 0.241 e. The van der Waals surface area contributed by atoms with Crippen molar-refractivity contribution in [1.29, 1.82) is 0 Å². The molecule has 2 rings (SSSR count). The summed E-state index contributed by atoms with van der Waals surface area (Å²) in [6, 6.07) is 10.8. The van der Waals surface area contributed by atoms with Crippen LogP contribution in [0.5, 0.6) is 0 Å². The second-order valence-corrected chi connectivity index (χ2v) is 6.43. The molecule has 0 atom stereocenters. The molecule has 0 aromatic heterocycles. The summed E-state index contributed by atoms with van der Waals surface area (Å²) in [5.74, 6) is -0.395. The minimum absolute atomic E-state index is 0.0341. The fraction of sp³-hybridized carbons (Fsp3) is 0.200. The Hall–Kier alpha value is -1.76. The lowest BCUT2D eigenvalue weighted by molar-refractivity contribution is 0.579. The van der Waals surface area contributed by atoms with Crippen LogP contribution in [0.15, 0.2) is 47.4 Å². The molecule has 0 fully saturated rings. The summed E-state index contributed by atoms with van der Waals surface area (Å²) in [4.78, 5) is 0.196. The molecule has 0 saturated heterocycles. The van der Waals surface area contributed by atoms with Gasteiger partial charge >= 0.3 is 0 Å². The second kappa shape index (κ2) is 6.34. The van der Waals surface area contributed by atoms with E-state index in [0.29, 0.717) is 11.1 Å². The van der Waals surface area contributed by atoms with Crippen LogP contribution in [0.1, 0.15) is 16.7 Å². The standard InChI is InChI=1S/C15H17FN2O2S/c1-11-13(9-17)5-3-7-15(11)21(19,20)18-10-12-4-2-6-14(16)8-12/h2-8,18H,9-10,17H2,1H3. The van der Waals surface area contributed by atoms with E-state index in [2.05, 4.69) is 4.72 Å². The van der Waals surface area contributed by atoms with Gasteiger partial charge in [-0.1, -0.05) is 24.3 Å². The first-order valence-corrected chi connectivity index (χ1v) is 7.95. The molecule has 0 amide bonds. The third kappa shape index (κ3) is 3.66. The van der Waals surface area contributed by atoms with E-state index < -0.39 is 15.8 Å². The summed E-state index contributed by atoms with van der Waals surface area (Å²) in [6.07, 6.45) is 0. The average Bonchev–Trinajstić information content (AvgIpc) is 2.45. The molecule has 0 aliphatic rings. The highest BCUT2D eigenvalue weighted by molar-refractivity contribution is 7.89. The van der Waals surface area contributed by atoms with Gasteiger partial charge in [0.15, 0.2) is 0 Å². The van der Waals surface area contributed by atoms with Gasteiger partial charge in [-0.05, 0) is 41.8 Å². The van der Waals surface area contributed by atoms with Gasteiger partial charge in [0.1, 0.15) is 5.82 Å². The lowest BCUT2D eigenvalue weighted by Crippen LogP contribution is -2.24. The van der Waals surface area contributed by atoms with Crippen LogP contribution in [0, 0.1) is 12.7 Å². The van der Waals surface area contributed by atoms with Crippen LogP contribution >= 0.6 is 0 Å². The largest absolute Gasteiger partial charge is 0.326 e.